The minimum atomic E-state index is -2.94. The van der Waals surface area contributed by atoms with Crippen molar-refractivity contribution in [3.05, 3.63) is 53.1 Å². The Kier molecular flexibility index (Phi) is 4.75. The van der Waals surface area contributed by atoms with E-state index in [-0.39, 0.29) is 10.8 Å². The molecule has 21 heavy (non-hydrogen) atoms. The van der Waals surface area contributed by atoms with Gasteiger partial charge in [0.2, 0.25) is 0 Å². The summed E-state index contributed by atoms with van der Waals surface area (Å²) in [6, 6.07) is 11.1. The van der Waals surface area contributed by atoms with Crippen molar-refractivity contribution in [2.45, 2.75) is 6.61 Å². The normalized spacial score (nSPS) is 10.5. The van der Waals surface area contributed by atoms with Gasteiger partial charge >= 0.3 is 12.6 Å². The molecular formula is C15H11ClF2O3. The Bertz CT molecular complexity index is 642. The van der Waals surface area contributed by atoms with Crippen LogP contribution >= 0.6 is 11.6 Å². The second kappa shape index (κ2) is 6.54. The minimum absolute atomic E-state index is 0.0961. The van der Waals surface area contributed by atoms with Crippen LogP contribution in [0.25, 0.3) is 11.1 Å². The van der Waals surface area contributed by atoms with Gasteiger partial charge in [-0.25, -0.2) is 4.79 Å². The van der Waals surface area contributed by atoms with Crippen LogP contribution < -0.4 is 4.74 Å². The van der Waals surface area contributed by atoms with Crippen molar-refractivity contribution in [2.24, 2.45) is 0 Å². The predicted molar refractivity (Wildman–Crippen MR) is 74.9 cm³/mol. The van der Waals surface area contributed by atoms with Crippen molar-refractivity contribution in [3.63, 3.8) is 0 Å². The van der Waals surface area contributed by atoms with Crippen LogP contribution in [-0.4, -0.2) is 19.7 Å². The van der Waals surface area contributed by atoms with Gasteiger partial charge in [0.05, 0.1) is 17.7 Å². The van der Waals surface area contributed by atoms with Gasteiger partial charge in [0.15, 0.2) is 0 Å². The number of hydrogen-bond donors (Lipinski definition) is 0. The average molecular weight is 313 g/mol. The number of hydrogen-bond acceptors (Lipinski definition) is 3. The van der Waals surface area contributed by atoms with Crippen LogP contribution in [0, 0.1) is 0 Å². The van der Waals surface area contributed by atoms with Crippen LogP contribution in [0.15, 0.2) is 42.5 Å². The maximum atomic E-state index is 12.3. The van der Waals surface area contributed by atoms with Crippen LogP contribution in [-0.2, 0) is 4.74 Å². The molecule has 0 saturated heterocycles. The zero-order valence-corrected chi connectivity index (χ0v) is 11.7. The van der Waals surface area contributed by atoms with Crippen molar-refractivity contribution in [2.75, 3.05) is 7.11 Å². The molecule has 2 rings (SSSR count). The standard InChI is InChI=1S/C15H11ClF2O3/c1-20-14(19)10-4-2-9(3-5-10)11-6-7-12(16)13(8-11)21-15(17)18/h2-8,15H,1H3. The number of halogens is 3. The first kappa shape index (κ1) is 15.3. The first-order chi connectivity index (χ1) is 10.0. The summed E-state index contributed by atoms with van der Waals surface area (Å²) in [7, 11) is 1.30. The first-order valence-electron chi connectivity index (χ1n) is 5.94. The van der Waals surface area contributed by atoms with Crippen molar-refractivity contribution in [1.29, 1.82) is 0 Å². The fourth-order valence-electron chi connectivity index (χ4n) is 1.79. The highest BCUT2D eigenvalue weighted by Crippen LogP contribution is 2.31. The van der Waals surface area contributed by atoms with Crippen LogP contribution in [0.3, 0.4) is 0 Å². The average Bonchev–Trinajstić information content (AvgIpc) is 2.48. The Morgan fingerprint density at radius 3 is 2.29 bits per heavy atom. The molecule has 0 spiro atoms. The number of rotatable bonds is 4. The van der Waals surface area contributed by atoms with Crippen LogP contribution in [0.4, 0.5) is 8.78 Å². The van der Waals surface area contributed by atoms with E-state index in [0.717, 1.165) is 5.56 Å². The van der Waals surface area contributed by atoms with E-state index < -0.39 is 12.6 Å². The van der Waals surface area contributed by atoms with Gasteiger partial charge in [-0.1, -0.05) is 29.8 Å². The Balaban J connectivity index is 2.31. The smallest absolute Gasteiger partial charge is 0.387 e. The predicted octanol–water partition coefficient (Wildman–Crippen LogP) is 4.40. The summed E-state index contributed by atoms with van der Waals surface area (Å²) >= 11 is 5.79. The minimum Gasteiger partial charge on any atom is -0.465 e. The zero-order valence-electron chi connectivity index (χ0n) is 11.0. The van der Waals surface area contributed by atoms with Crippen molar-refractivity contribution in [3.8, 4) is 16.9 Å². The summed E-state index contributed by atoms with van der Waals surface area (Å²) < 4.78 is 33.5. The van der Waals surface area contributed by atoms with E-state index in [1.165, 1.54) is 19.2 Å². The number of methoxy groups -OCH3 is 1. The van der Waals surface area contributed by atoms with Gasteiger partial charge in [-0.2, -0.15) is 8.78 Å². The van der Waals surface area contributed by atoms with Gasteiger partial charge in [-0.15, -0.1) is 0 Å². The Hall–Kier alpha value is -2.14. The summed E-state index contributed by atoms with van der Waals surface area (Å²) in [5.74, 6) is -0.541. The molecule has 0 unspecified atom stereocenters. The quantitative estimate of drug-likeness (QED) is 0.785. The van der Waals surface area contributed by atoms with E-state index in [4.69, 9.17) is 11.6 Å². The van der Waals surface area contributed by atoms with E-state index in [2.05, 4.69) is 9.47 Å². The molecular weight excluding hydrogens is 302 g/mol. The molecule has 0 bridgehead atoms. The third-order valence-corrected chi connectivity index (χ3v) is 3.10. The molecule has 0 aliphatic heterocycles. The zero-order chi connectivity index (χ0) is 15.4. The summed E-state index contributed by atoms with van der Waals surface area (Å²) in [5, 5.41) is 0.102. The monoisotopic (exact) mass is 312 g/mol. The molecule has 0 atom stereocenters. The van der Waals surface area contributed by atoms with Gasteiger partial charge < -0.3 is 9.47 Å². The maximum Gasteiger partial charge on any atom is 0.387 e. The molecule has 110 valence electrons. The molecule has 6 heteroatoms. The molecule has 0 saturated carbocycles. The fourth-order valence-corrected chi connectivity index (χ4v) is 1.95. The number of ether oxygens (including phenoxy) is 2. The van der Waals surface area contributed by atoms with Crippen molar-refractivity contribution >= 4 is 17.6 Å². The molecule has 3 nitrogen and oxygen atoms in total. The third kappa shape index (κ3) is 3.70. The van der Waals surface area contributed by atoms with E-state index >= 15 is 0 Å². The summed E-state index contributed by atoms with van der Waals surface area (Å²) in [5.41, 5.74) is 1.78. The lowest BCUT2D eigenvalue weighted by atomic mass is 10.0. The topological polar surface area (TPSA) is 35.5 Å². The third-order valence-electron chi connectivity index (χ3n) is 2.79. The van der Waals surface area contributed by atoms with Crippen LogP contribution in [0.1, 0.15) is 10.4 Å². The first-order valence-corrected chi connectivity index (χ1v) is 6.32. The molecule has 2 aromatic carbocycles. The van der Waals surface area contributed by atoms with E-state index in [1.807, 2.05) is 0 Å². The molecule has 0 aromatic heterocycles. The van der Waals surface area contributed by atoms with Crippen molar-refractivity contribution < 1.29 is 23.0 Å². The largest absolute Gasteiger partial charge is 0.465 e. The Labute approximate surface area is 125 Å². The van der Waals surface area contributed by atoms with Gasteiger partial charge in [0.1, 0.15) is 5.75 Å². The van der Waals surface area contributed by atoms with Gasteiger partial charge in [-0.05, 0) is 35.4 Å². The number of esters is 1. The molecule has 0 heterocycles. The van der Waals surface area contributed by atoms with Crippen LogP contribution in [0.5, 0.6) is 5.75 Å². The lowest BCUT2D eigenvalue weighted by Gasteiger charge is -2.09. The van der Waals surface area contributed by atoms with E-state index in [1.54, 1.807) is 30.3 Å². The van der Waals surface area contributed by atoms with Gasteiger partial charge in [0.25, 0.3) is 0 Å². The summed E-state index contributed by atoms with van der Waals surface area (Å²) in [6.07, 6.45) is 0. The highest BCUT2D eigenvalue weighted by molar-refractivity contribution is 6.32. The highest BCUT2D eigenvalue weighted by Gasteiger charge is 2.11. The lowest BCUT2D eigenvalue weighted by molar-refractivity contribution is -0.0497. The molecule has 0 aliphatic carbocycles. The molecule has 0 fully saturated rings. The summed E-state index contributed by atoms with van der Waals surface area (Å²) in [6.45, 7) is -2.94. The lowest BCUT2D eigenvalue weighted by Crippen LogP contribution is -2.02. The maximum absolute atomic E-state index is 12.3. The van der Waals surface area contributed by atoms with Crippen LogP contribution in [0.2, 0.25) is 5.02 Å². The molecule has 0 N–H and O–H groups in total. The van der Waals surface area contributed by atoms with E-state index in [0.29, 0.717) is 11.1 Å². The summed E-state index contributed by atoms with van der Waals surface area (Å²) in [4.78, 5) is 11.3. The molecule has 0 aliphatic rings. The second-order valence-electron chi connectivity index (χ2n) is 4.09. The number of alkyl halides is 2. The number of carbonyl (C=O) groups is 1. The highest BCUT2D eigenvalue weighted by atomic mass is 35.5. The second-order valence-corrected chi connectivity index (χ2v) is 4.50. The SMILES string of the molecule is COC(=O)c1ccc(-c2ccc(Cl)c(OC(F)F)c2)cc1. The van der Waals surface area contributed by atoms with Gasteiger partial charge in [-0.3, -0.25) is 0 Å². The number of benzene rings is 2. The fraction of sp³-hybridized carbons (Fsp3) is 0.133. The van der Waals surface area contributed by atoms with E-state index in [9.17, 15) is 13.6 Å². The molecule has 0 radical (unpaired) electrons. The van der Waals surface area contributed by atoms with Crippen molar-refractivity contribution in [1.82, 2.24) is 0 Å². The Morgan fingerprint density at radius 1 is 1.10 bits per heavy atom. The molecule has 2 aromatic rings. The number of carbonyl (C=O) groups excluding carboxylic acids is 1. The van der Waals surface area contributed by atoms with Gasteiger partial charge in [0, 0.05) is 0 Å². The Morgan fingerprint density at radius 2 is 1.71 bits per heavy atom. The molecule has 0 amide bonds.